The standard InChI is InChI=1S/C15H12F3NO5/c1-22-14(21)9-4-5-10(12(7-9)24-8-15(16,17)18)19-13(20)11-3-2-6-23-11/h2-7H,8H2,1H3,(H,19,20). The molecule has 128 valence electrons. The van der Waals surface area contributed by atoms with Crippen LogP contribution in [0.3, 0.4) is 0 Å². The van der Waals surface area contributed by atoms with E-state index in [2.05, 4.69) is 14.8 Å². The van der Waals surface area contributed by atoms with Crippen molar-refractivity contribution in [2.75, 3.05) is 19.0 Å². The smallest absolute Gasteiger partial charge is 0.422 e. The fraction of sp³-hybridized carbons (Fsp3) is 0.200. The molecule has 6 nitrogen and oxygen atoms in total. The fourth-order valence-electron chi connectivity index (χ4n) is 1.74. The molecule has 0 atom stereocenters. The Morgan fingerprint density at radius 3 is 2.58 bits per heavy atom. The van der Waals surface area contributed by atoms with Gasteiger partial charge in [-0.2, -0.15) is 13.2 Å². The summed E-state index contributed by atoms with van der Waals surface area (Å²) in [4.78, 5) is 23.4. The third kappa shape index (κ3) is 4.51. The van der Waals surface area contributed by atoms with E-state index in [0.29, 0.717) is 0 Å². The third-order valence-corrected chi connectivity index (χ3v) is 2.79. The monoisotopic (exact) mass is 343 g/mol. The van der Waals surface area contributed by atoms with Gasteiger partial charge in [0.1, 0.15) is 5.75 Å². The van der Waals surface area contributed by atoms with Crippen LogP contribution in [0.15, 0.2) is 41.0 Å². The lowest BCUT2D eigenvalue weighted by molar-refractivity contribution is -0.153. The van der Waals surface area contributed by atoms with Gasteiger partial charge in [0.25, 0.3) is 5.91 Å². The van der Waals surface area contributed by atoms with Gasteiger partial charge < -0.3 is 19.2 Å². The Morgan fingerprint density at radius 2 is 2.00 bits per heavy atom. The van der Waals surface area contributed by atoms with Gasteiger partial charge in [-0.05, 0) is 30.3 Å². The maximum Gasteiger partial charge on any atom is 0.422 e. The maximum absolute atomic E-state index is 12.4. The minimum absolute atomic E-state index is 0.0225. The molecule has 1 aromatic heterocycles. The second-order valence-electron chi connectivity index (χ2n) is 4.54. The van der Waals surface area contributed by atoms with Crippen LogP contribution in [0.4, 0.5) is 18.9 Å². The Balaban J connectivity index is 2.27. The van der Waals surface area contributed by atoms with Gasteiger partial charge in [-0.3, -0.25) is 4.79 Å². The number of hydrogen-bond donors (Lipinski definition) is 1. The van der Waals surface area contributed by atoms with Crippen LogP contribution in [-0.2, 0) is 4.74 Å². The Labute approximate surface area is 134 Å². The number of esters is 1. The summed E-state index contributed by atoms with van der Waals surface area (Å²) in [5.74, 6) is -1.79. The van der Waals surface area contributed by atoms with Gasteiger partial charge in [0.2, 0.25) is 0 Å². The molecular weight excluding hydrogens is 331 g/mol. The van der Waals surface area contributed by atoms with Crippen molar-refractivity contribution in [2.24, 2.45) is 0 Å². The molecule has 0 aliphatic heterocycles. The van der Waals surface area contributed by atoms with Gasteiger partial charge in [0.15, 0.2) is 12.4 Å². The first-order valence-electron chi connectivity index (χ1n) is 6.57. The molecule has 0 saturated carbocycles. The first kappa shape index (κ1) is 17.4. The average Bonchev–Trinajstić information content (AvgIpc) is 3.06. The van der Waals surface area contributed by atoms with Crippen molar-refractivity contribution in [1.29, 1.82) is 0 Å². The van der Waals surface area contributed by atoms with Crippen LogP contribution < -0.4 is 10.1 Å². The average molecular weight is 343 g/mol. The minimum Gasteiger partial charge on any atom is -0.482 e. The highest BCUT2D eigenvalue weighted by Crippen LogP contribution is 2.29. The van der Waals surface area contributed by atoms with E-state index in [0.717, 1.165) is 13.2 Å². The van der Waals surface area contributed by atoms with Crippen LogP contribution in [-0.4, -0.2) is 31.8 Å². The Bertz CT molecular complexity index is 725. The lowest BCUT2D eigenvalue weighted by Crippen LogP contribution is -2.20. The van der Waals surface area contributed by atoms with E-state index in [1.54, 1.807) is 0 Å². The second-order valence-corrected chi connectivity index (χ2v) is 4.54. The summed E-state index contributed by atoms with van der Waals surface area (Å²) in [5, 5.41) is 2.36. The number of amides is 1. The second kappa shape index (κ2) is 7.07. The van der Waals surface area contributed by atoms with E-state index >= 15 is 0 Å². The largest absolute Gasteiger partial charge is 0.482 e. The summed E-state index contributed by atoms with van der Waals surface area (Å²) in [6.45, 7) is -1.58. The van der Waals surface area contributed by atoms with Gasteiger partial charge in [0, 0.05) is 0 Å². The summed E-state index contributed by atoms with van der Waals surface area (Å²) in [7, 11) is 1.13. The number of rotatable bonds is 5. The number of ether oxygens (including phenoxy) is 2. The lowest BCUT2D eigenvalue weighted by atomic mass is 10.2. The SMILES string of the molecule is COC(=O)c1ccc(NC(=O)c2ccco2)c(OCC(F)(F)F)c1. The van der Waals surface area contributed by atoms with E-state index in [1.807, 2.05) is 0 Å². The van der Waals surface area contributed by atoms with E-state index in [4.69, 9.17) is 4.42 Å². The minimum atomic E-state index is -4.58. The number of hydrogen-bond acceptors (Lipinski definition) is 5. The number of methoxy groups -OCH3 is 1. The number of benzene rings is 1. The van der Waals surface area contributed by atoms with E-state index < -0.39 is 24.7 Å². The first-order valence-corrected chi connectivity index (χ1v) is 6.57. The van der Waals surface area contributed by atoms with Crippen molar-refractivity contribution in [3.05, 3.63) is 47.9 Å². The highest BCUT2D eigenvalue weighted by molar-refractivity contribution is 6.03. The van der Waals surface area contributed by atoms with E-state index in [1.165, 1.54) is 30.5 Å². The first-order chi connectivity index (χ1) is 11.3. The fourth-order valence-corrected chi connectivity index (χ4v) is 1.74. The molecule has 0 saturated heterocycles. The van der Waals surface area contributed by atoms with Gasteiger partial charge >= 0.3 is 12.1 Å². The molecule has 1 aromatic carbocycles. The molecule has 2 rings (SSSR count). The summed E-state index contributed by atoms with van der Waals surface area (Å²) < 4.78 is 51.2. The molecule has 1 amide bonds. The molecule has 2 aromatic rings. The summed E-state index contributed by atoms with van der Waals surface area (Å²) in [5.41, 5.74) is -0.0704. The van der Waals surface area contributed by atoms with Crippen LogP contribution in [0.2, 0.25) is 0 Å². The Morgan fingerprint density at radius 1 is 1.25 bits per heavy atom. The van der Waals surface area contributed by atoms with Crippen molar-refractivity contribution in [2.45, 2.75) is 6.18 Å². The van der Waals surface area contributed by atoms with Gasteiger partial charge in [-0.15, -0.1) is 0 Å². The predicted molar refractivity (Wildman–Crippen MR) is 76.0 cm³/mol. The molecule has 0 aliphatic rings. The van der Waals surface area contributed by atoms with Crippen LogP contribution in [0.1, 0.15) is 20.9 Å². The number of alkyl halides is 3. The highest BCUT2D eigenvalue weighted by Gasteiger charge is 2.29. The number of furan rings is 1. The zero-order chi connectivity index (χ0) is 17.7. The zero-order valence-corrected chi connectivity index (χ0v) is 12.3. The van der Waals surface area contributed by atoms with Gasteiger partial charge in [-0.1, -0.05) is 0 Å². The number of nitrogens with one attached hydrogen (secondary N) is 1. The number of carbonyl (C=O) groups excluding carboxylic acids is 2. The third-order valence-electron chi connectivity index (χ3n) is 2.79. The van der Waals surface area contributed by atoms with Crippen LogP contribution in [0.25, 0.3) is 0 Å². The molecule has 0 bridgehead atoms. The van der Waals surface area contributed by atoms with Crippen LogP contribution in [0, 0.1) is 0 Å². The zero-order valence-electron chi connectivity index (χ0n) is 12.3. The van der Waals surface area contributed by atoms with Crippen molar-refractivity contribution in [3.63, 3.8) is 0 Å². The highest BCUT2D eigenvalue weighted by atomic mass is 19.4. The van der Waals surface area contributed by atoms with Gasteiger partial charge in [-0.25, -0.2) is 4.79 Å². The Hall–Kier alpha value is -2.97. The van der Waals surface area contributed by atoms with Crippen molar-refractivity contribution >= 4 is 17.6 Å². The summed E-state index contributed by atoms with van der Waals surface area (Å²) in [6.07, 6.45) is -3.31. The van der Waals surface area contributed by atoms with Crippen LogP contribution >= 0.6 is 0 Å². The Kier molecular flexibility index (Phi) is 5.12. The van der Waals surface area contributed by atoms with Crippen molar-refractivity contribution in [3.8, 4) is 5.75 Å². The normalized spacial score (nSPS) is 11.0. The molecule has 0 aliphatic carbocycles. The number of halogens is 3. The molecule has 1 N–H and O–H groups in total. The topological polar surface area (TPSA) is 77.8 Å². The summed E-state index contributed by atoms with van der Waals surface area (Å²) >= 11 is 0. The van der Waals surface area contributed by atoms with Gasteiger partial charge in [0.05, 0.1) is 24.6 Å². The van der Waals surface area contributed by atoms with Crippen molar-refractivity contribution in [1.82, 2.24) is 0 Å². The molecule has 24 heavy (non-hydrogen) atoms. The van der Waals surface area contributed by atoms with E-state index in [-0.39, 0.29) is 22.8 Å². The molecule has 1 heterocycles. The molecule has 0 unspecified atom stereocenters. The molecular formula is C15H12F3NO5. The molecule has 0 fully saturated rings. The summed E-state index contributed by atoms with van der Waals surface area (Å²) in [6, 6.07) is 6.43. The molecule has 9 heteroatoms. The number of carbonyl (C=O) groups is 2. The lowest BCUT2D eigenvalue weighted by Gasteiger charge is -2.14. The maximum atomic E-state index is 12.4. The predicted octanol–water partition coefficient (Wildman–Crippen LogP) is 3.26. The molecule has 0 spiro atoms. The van der Waals surface area contributed by atoms with Crippen molar-refractivity contribution < 1.29 is 36.7 Å². The number of anilines is 1. The van der Waals surface area contributed by atoms with Crippen LogP contribution in [0.5, 0.6) is 5.75 Å². The molecule has 0 radical (unpaired) electrons. The quantitative estimate of drug-likeness (QED) is 0.843. The van der Waals surface area contributed by atoms with E-state index in [9.17, 15) is 22.8 Å².